The average Bonchev–Trinajstić information content (AvgIpc) is 2.79. The number of hydrogen-bond acceptors (Lipinski definition) is 5. The quantitative estimate of drug-likeness (QED) is 0.893. The van der Waals surface area contributed by atoms with Crippen LogP contribution in [0, 0.1) is 0 Å². The lowest BCUT2D eigenvalue weighted by atomic mass is 10.1. The molecule has 1 aromatic heterocycles. The van der Waals surface area contributed by atoms with Gasteiger partial charge in [-0.25, -0.2) is 13.4 Å². The summed E-state index contributed by atoms with van der Waals surface area (Å²) in [6, 6.07) is 0. The summed E-state index contributed by atoms with van der Waals surface area (Å²) in [5.41, 5.74) is 0.681. The molecule has 1 N–H and O–H groups in total. The van der Waals surface area contributed by atoms with Crippen LogP contribution in [0.5, 0.6) is 0 Å². The van der Waals surface area contributed by atoms with E-state index in [1.54, 1.807) is 0 Å². The third kappa shape index (κ3) is 2.92. The lowest BCUT2D eigenvalue weighted by molar-refractivity contribution is 0.271. The van der Waals surface area contributed by atoms with E-state index in [0.29, 0.717) is 24.4 Å². The topological polar surface area (TPSA) is 80.4 Å². The summed E-state index contributed by atoms with van der Waals surface area (Å²) in [5, 5.41) is 8.67. The molecule has 0 aromatic carbocycles. The molecule has 0 aliphatic carbocycles. The molecule has 1 saturated heterocycles. The lowest BCUT2D eigenvalue weighted by Gasteiger charge is -2.20. The Morgan fingerprint density at radius 2 is 2.33 bits per heavy atom. The van der Waals surface area contributed by atoms with Crippen molar-refractivity contribution in [3.63, 3.8) is 0 Å². The molecule has 0 saturated carbocycles. The summed E-state index contributed by atoms with van der Waals surface area (Å²) in [7, 11) is -2.99. The predicted molar refractivity (Wildman–Crippen MR) is 67.1 cm³/mol. The highest BCUT2D eigenvalue weighted by molar-refractivity contribution is 7.92. The molecule has 1 aromatic rings. The van der Waals surface area contributed by atoms with Gasteiger partial charge in [-0.3, -0.25) is 0 Å². The maximum atomic E-state index is 11.9. The third-order valence-corrected chi connectivity index (χ3v) is 5.74. The van der Waals surface area contributed by atoms with Crippen LogP contribution in [-0.4, -0.2) is 36.1 Å². The molecule has 102 valence electrons. The Balaban J connectivity index is 2.07. The molecule has 2 heterocycles. The highest BCUT2D eigenvalue weighted by Gasteiger charge is 2.30. The molecule has 1 aliphatic heterocycles. The first-order valence-electron chi connectivity index (χ1n) is 6.29. The molecule has 5 nitrogen and oxygen atoms in total. The van der Waals surface area contributed by atoms with Gasteiger partial charge in [0.25, 0.3) is 0 Å². The zero-order valence-electron chi connectivity index (χ0n) is 10.5. The fourth-order valence-corrected chi connectivity index (χ4v) is 4.05. The summed E-state index contributed by atoms with van der Waals surface area (Å²) in [6.45, 7) is 1.85. The van der Waals surface area contributed by atoms with Gasteiger partial charge in [-0.1, -0.05) is 13.3 Å². The monoisotopic (exact) mass is 273 g/mol. The number of nitrogens with zero attached hydrogens (tertiary/aromatic N) is 1. The summed E-state index contributed by atoms with van der Waals surface area (Å²) in [4.78, 5) is 4.25. The molecule has 6 heteroatoms. The van der Waals surface area contributed by atoms with Crippen LogP contribution in [0.15, 0.2) is 10.7 Å². The molecular formula is C12H19NO4S. The zero-order chi connectivity index (χ0) is 13.2. The van der Waals surface area contributed by atoms with Crippen LogP contribution in [0.2, 0.25) is 0 Å². The van der Waals surface area contributed by atoms with Crippen LogP contribution in [0.3, 0.4) is 0 Å². The van der Waals surface area contributed by atoms with Crippen molar-refractivity contribution < 1.29 is 17.9 Å². The molecule has 0 amide bonds. The Morgan fingerprint density at radius 3 is 3.00 bits per heavy atom. The first-order valence-corrected chi connectivity index (χ1v) is 8.01. The van der Waals surface area contributed by atoms with Gasteiger partial charge < -0.3 is 9.52 Å². The Morgan fingerprint density at radius 1 is 1.56 bits per heavy atom. The summed E-state index contributed by atoms with van der Waals surface area (Å²) < 4.78 is 29.0. The Bertz CT molecular complexity index is 494. The number of aliphatic hydroxyl groups excluding tert-OH is 1. The largest absolute Gasteiger partial charge is 0.449 e. The van der Waals surface area contributed by atoms with Gasteiger partial charge in [0.1, 0.15) is 6.26 Å². The van der Waals surface area contributed by atoms with Crippen LogP contribution < -0.4 is 0 Å². The molecule has 18 heavy (non-hydrogen) atoms. The van der Waals surface area contributed by atoms with Gasteiger partial charge in [-0.2, -0.15) is 0 Å². The van der Waals surface area contributed by atoms with E-state index >= 15 is 0 Å². The minimum absolute atomic E-state index is 0.00764. The minimum atomic E-state index is -2.99. The van der Waals surface area contributed by atoms with Crippen molar-refractivity contribution in [3.8, 4) is 0 Å². The number of aromatic nitrogens is 1. The number of hydrogen-bond donors (Lipinski definition) is 1. The molecule has 2 rings (SSSR count). The maximum absolute atomic E-state index is 11.9. The fourth-order valence-electron chi connectivity index (χ4n) is 2.18. The Kier molecular flexibility index (Phi) is 4.07. The van der Waals surface area contributed by atoms with Crippen molar-refractivity contribution in [2.75, 3.05) is 12.4 Å². The zero-order valence-corrected chi connectivity index (χ0v) is 11.3. The van der Waals surface area contributed by atoms with E-state index in [1.807, 2.05) is 6.92 Å². The van der Waals surface area contributed by atoms with Crippen molar-refractivity contribution in [1.82, 2.24) is 4.98 Å². The molecule has 1 aliphatic rings. The third-order valence-electron chi connectivity index (χ3n) is 3.46. The van der Waals surface area contributed by atoms with Gasteiger partial charge in [-0.05, 0) is 12.8 Å². The van der Waals surface area contributed by atoms with Gasteiger partial charge in [0.2, 0.25) is 0 Å². The molecular weight excluding hydrogens is 254 g/mol. The van der Waals surface area contributed by atoms with E-state index < -0.39 is 9.84 Å². The first kappa shape index (κ1) is 13.5. The molecule has 2 atom stereocenters. The fraction of sp³-hybridized carbons (Fsp3) is 0.750. The number of aliphatic hydroxyl groups is 1. The molecule has 0 spiro atoms. The van der Waals surface area contributed by atoms with Crippen molar-refractivity contribution in [3.05, 3.63) is 17.8 Å². The normalized spacial score (nSPS) is 24.9. The van der Waals surface area contributed by atoms with E-state index in [0.717, 1.165) is 12.8 Å². The van der Waals surface area contributed by atoms with Crippen molar-refractivity contribution in [1.29, 1.82) is 0 Å². The standard InChI is InChI=1S/C12H19NO4S/c1-9(7-14)11-8-17-12(13-11)6-10-4-2-3-5-18(10,15)16/h8-10,14H,2-7H2,1H3. The summed E-state index contributed by atoms with van der Waals surface area (Å²) in [5.74, 6) is 0.657. The van der Waals surface area contributed by atoms with Gasteiger partial charge in [-0.15, -0.1) is 0 Å². The highest BCUT2D eigenvalue weighted by Crippen LogP contribution is 2.23. The van der Waals surface area contributed by atoms with Crippen LogP contribution in [-0.2, 0) is 16.3 Å². The van der Waals surface area contributed by atoms with Gasteiger partial charge in [0, 0.05) is 12.3 Å². The number of sulfone groups is 1. The molecule has 1 fully saturated rings. The minimum Gasteiger partial charge on any atom is -0.449 e. The van der Waals surface area contributed by atoms with Crippen LogP contribution in [0.25, 0.3) is 0 Å². The van der Waals surface area contributed by atoms with Gasteiger partial charge in [0.15, 0.2) is 15.7 Å². The highest BCUT2D eigenvalue weighted by atomic mass is 32.2. The molecule has 2 unspecified atom stereocenters. The van der Waals surface area contributed by atoms with Crippen molar-refractivity contribution in [2.45, 2.75) is 43.8 Å². The Labute approximate surface area is 107 Å². The van der Waals surface area contributed by atoms with Crippen LogP contribution in [0.4, 0.5) is 0 Å². The van der Waals surface area contributed by atoms with Crippen LogP contribution >= 0.6 is 0 Å². The van der Waals surface area contributed by atoms with E-state index in [2.05, 4.69) is 4.98 Å². The number of rotatable bonds is 4. The average molecular weight is 273 g/mol. The number of oxazole rings is 1. The summed E-state index contributed by atoms with van der Waals surface area (Å²) in [6.07, 6.45) is 4.25. The molecule has 0 bridgehead atoms. The predicted octanol–water partition coefficient (Wildman–Crippen LogP) is 1.28. The SMILES string of the molecule is CC(CO)c1coc(CC2CCCCS2(=O)=O)n1. The second-order valence-corrected chi connectivity index (χ2v) is 7.34. The van der Waals surface area contributed by atoms with E-state index in [9.17, 15) is 8.42 Å². The molecule has 0 radical (unpaired) electrons. The summed E-state index contributed by atoms with van der Waals surface area (Å²) >= 11 is 0. The van der Waals surface area contributed by atoms with Gasteiger partial charge >= 0.3 is 0 Å². The van der Waals surface area contributed by atoms with Crippen LogP contribution in [0.1, 0.15) is 43.7 Å². The van der Waals surface area contributed by atoms with Crippen molar-refractivity contribution >= 4 is 9.84 Å². The van der Waals surface area contributed by atoms with Crippen molar-refractivity contribution in [2.24, 2.45) is 0 Å². The Hall–Kier alpha value is -0.880. The van der Waals surface area contributed by atoms with E-state index in [-0.39, 0.29) is 23.5 Å². The van der Waals surface area contributed by atoms with E-state index in [4.69, 9.17) is 9.52 Å². The first-order chi connectivity index (χ1) is 8.53. The second kappa shape index (κ2) is 5.40. The maximum Gasteiger partial charge on any atom is 0.195 e. The smallest absolute Gasteiger partial charge is 0.195 e. The lowest BCUT2D eigenvalue weighted by Crippen LogP contribution is -2.30. The van der Waals surface area contributed by atoms with Gasteiger partial charge in [0.05, 0.1) is 23.3 Å². The van der Waals surface area contributed by atoms with E-state index in [1.165, 1.54) is 6.26 Å². The second-order valence-electron chi connectivity index (χ2n) is 4.94.